The first kappa shape index (κ1) is 22.0. The predicted octanol–water partition coefficient (Wildman–Crippen LogP) is 3.10. The molecular weight excluding hydrogens is 438 g/mol. The van der Waals surface area contributed by atoms with Crippen LogP contribution in [-0.4, -0.2) is 55.1 Å². The molecule has 1 aliphatic carbocycles. The van der Waals surface area contributed by atoms with Crippen LogP contribution in [0.5, 0.6) is 0 Å². The lowest BCUT2D eigenvalue weighted by Gasteiger charge is -2.27. The van der Waals surface area contributed by atoms with E-state index in [1.54, 1.807) is 17.1 Å². The highest BCUT2D eigenvalue weighted by atomic mass is 16.1. The molecule has 180 valence electrons. The molecule has 35 heavy (non-hydrogen) atoms. The van der Waals surface area contributed by atoms with Crippen molar-refractivity contribution in [1.29, 1.82) is 0 Å². The maximum absolute atomic E-state index is 13.5. The van der Waals surface area contributed by atoms with Gasteiger partial charge in [0.15, 0.2) is 5.43 Å². The summed E-state index contributed by atoms with van der Waals surface area (Å²) in [6.07, 6.45) is 13.1. The summed E-state index contributed by atoms with van der Waals surface area (Å²) in [4.78, 5) is 20.8. The molecule has 4 aromatic rings. The van der Waals surface area contributed by atoms with Gasteiger partial charge in [0.05, 0.1) is 30.0 Å². The summed E-state index contributed by atoms with van der Waals surface area (Å²) >= 11 is 0. The van der Waals surface area contributed by atoms with Gasteiger partial charge in [0, 0.05) is 37.1 Å². The third-order valence-corrected chi connectivity index (χ3v) is 7.32. The number of benzene rings is 1. The average molecular weight is 470 g/mol. The van der Waals surface area contributed by atoms with Crippen LogP contribution in [0.25, 0.3) is 11.0 Å². The summed E-state index contributed by atoms with van der Waals surface area (Å²) < 4.78 is 3.84. The van der Waals surface area contributed by atoms with E-state index in [-0.39, 0.29) is 5.43 Å². The summed E-state index contributed by atoms with van der Waals surface area (Å²) in [5.74, 6) is 0. The summed E-state index contributed by atoms with van der Waals surface area (Å²) in [5, 5.41) is 12.2. The molecule has 0 bridgehead atoms. The van der Waals surface area contributed by atoms with Gasteiger partial charge in [-0.25, -0.2) is 9.67 Å². The Labute approximate surface area is 204 Å². The maximum Gasteiger partial charge on any atom is 0.196 e. The highest BCUT2D eigenvalue weighted by Crippen LogP contribution is 2.25. The zero-order valence-electron chi connectivity index (χ0n) is 19.9. The Morgan fingerprint density at radius 3 is 2.57 bits per heavy atom. The molecule has 3 aromatic heterocycles. The van der Waals surface area contributed by atoms with Crippen molar-refractivity contribution >= 4 is 16.7 Å². The molecule has 2 aliphatic rings. The van der Waals surface area contributed by atoms with Crippen molar-refractivity contribution in [3.8, 4) is 0 Å². The van der Waals surface area contributed by atoms with E-state index in [9.17, 15) is 4.79 Å². The normalized spacial score (nSPS) is 16.6. The smallest absolute Gasteiger partial charge is 0.196 e. The van der Waals surface area contributed by atoms with Gasteiger partial charge in [0.25, 0.3) is 0 Å². The Morgan fingerprint density at radius 1 is 1.03 bits per heavy atom. The van der Waals surface area contributed by atoms with Gasteiger partial charge in [-0.1, -0.05) is 35.9 Å². The van der Waals surface area contributed by atoms with Crippen molar-refractivity contribution in [3.05, 3.63) is 82.0 Å². The molecule has 0 spiro atoms. The van der Waals surface area contributed by atoms with E-state index in [0.717, 1.165) is 50.4 Å². The first-order chi connectivity index (χ1) is 17.2. The first-order valence-corrected chi connectivity index (χ1v) is 12.6. The van der Waals surface area contributed by atoms with Crippen LogP contribution in [0.2, 0.25) is 0 Å². The first-order valence-electron chi connectivity index (χ1n) is 12.6. The van der Waals surface area contributed by atoms with Crippen LogP contribution in [0.1, 0.15) is 36.0 Å². The Balaban J connectivity index is 1.30. The molecule has 0 saturated carbocycles. The molecule has 1 aliphatic heterocycles. The van der Waals surface area contributed by atoms with Gasteiger partial charge in [-0.3, -0.25) is 4.79 Å². The van der Waals surface area contributed by atoms with Gasteiger partial charge in [-0.05, 0) is 56.0 Å². The zero-order chi connectivity index (χ0) is 23.6. The van der Waals surface area contributed by atoms with E-state index in [4.69, 9.17) is 4.98 Å². The van der Waals surface area contributed by atoms with Crippen LogP contribution in [0.3, 0.4) is 0 Å². The number of piperidine rings is 1. The van der Waals surface area contributed by atoms with E-state index in [1.165, 1.54) is 30.4 Å². The number of likely N-dealkylation sites (tertiary alicyclic amines) is 1. The molecule has 1 fully saturated rings. The fraction of sp³-hybridized carbons (Fsp3) is 0.407. The highest BCUT2D eigenvalue weighted by Gasteiger charge is 2.21. The molecule has 8 heteroatoms. The molecule has 8 nitrogen and oxygen atoms in total. The second kappa shape index (κ2) is 9.62. The van der Waals surface area contributed by atoms with E-state index >= 15 is 0 Å². The summed E-state index contributed by atoms with van der Waals surface area (Å²) in [6, 6.07) is 10.9. The maximum atomic E-state index is 13.5. The number of aromatic nitrogens is 5. The SMILES string of the molecule is O=c1c(Cn2ccnn2)cn(CCN2CCCCC2)c2ncc(NC3Cc4ccccc4C3)cc12. The Bertz CT molecular complexity index is 1350. The molecule has 0 amide bonds. The fourth-order valence-corrected chi connectivity index (χ4v) is 5.52. The van der Waals surface area contributed by atoms with Crippen LogP contribution in [0.15, 0.2) is 59.9 Å². The quantitative estimate of drug-likeness (QED) is 0.448. The topological polar surface area (TPSA) is 80.9 Å². The van der Waals surface area contributed by atoms with Gasteiger partial charge >= 0.3 is 0 Å². The molecule has 0 unspecified atom stereocenters. The molecule has 4 heterocycles. The number of anilines is 1. The fourth-order valence-electron chi connectivity index (χ4n) is 5.52. The van der Waals surface area contributed by atoms with Crippen molar-refractivity contribution in [2.45, 2.75) is 51.2 Å². The molecule has 1 N–H and O–H groups in total. The Kier molecular flexibility index (Phi) is 6.04. The van der Waals surface area contributed by atoms with Gasteiger partial charge < -0.3 is 14.8 Å². The van der Waals surface area contributed by atoms with Crippen LogP contribution in [-0.2, 0) is 25.9 Å². The van der Waals surface area contributed by atoms with Gasteiger partial charge in [0.2, 0.25) is 0 Å². The number of rotatable bonds is 7. The molecular formula is C27H31N7O. The number of nitrogens with one attached hydrogen (secondary N) is 1. The van der Waals surface area contributed by atoms with Crippen molar-refractivity contribution in [2.75, 3.05) is 25.0 Å². The average Bonchev–Trinajstić information content (AvgIpc) is 3.55. The molecule has 0 atom stereocenters. The van der Waals surface area contributed by atoms with Crippen molar-refractivity contribution in [2.24, 2.45) is 0 Å². The van der Waals surface area contributed by atoms with Crippen LogP contribution >= 0.6 is 0 Å². The standard InChI is InChI=1S/C27H31N7O/c35-26-22(19-34-11-8-29-31-34)18-33(13-12-32-9-4-1-5-10-32)27-25(26)16-24(17-28-27)30-23-14-20-6-2-3-7-21(20)15-23/h2-3,6-8,11,16-18,23,30H,1,4-5,9-10,12-15,19H2. The van der Waals surface area contributed by atoms with Crippen molar-refractivity contribution in [3.63, 3.8) is 0 Å². The minimum Gasteiger partial charge on any atom is -0.380 e. The monoisotopic (exact) mass is 469 g/mol. The number of nitrogens with zero attached hydrogens (tertiary/aromatic N) is 6. The number of hydrogen-bond acceptors (Lipinski definition) is 6. The Hall–Kier alpha value is -3.52. The van der Waals surface area contributed by atoms with E-state index in [1.807, 2.05) is 18.5 Å². The number of hydrogen-bond donors (Lipinski definition) is 1. The highest BCUT2D eigenvalue weighted by molar-refractivity contribution is 5.79. The molecule has 1 aromatic carbocycles. The van der Waals surface area contributed by atoms with Crippen molar-refractivity contribution in [1.82, 2.24) is 29.4 Å². The Morgan fingerprint density at radius 2 is 1.83 bits per heavy atom. The molecule has 6 rings (SSSR count). The lowest BCUT2D eigenvalue weighted by molar-refractivity contribution is 0.221. The van der Waals surface area contributed by atoms with Gasteiger partial charge in [-0.2, -0.15) is 0 Å². The largest absolute Gasteiger partial charge is 0.380 e. The second-order valence-electron chi connectivity index (χ2n) is 9.79. The molecule has 0 radical (unpaired) electrons. The summed E-state index contributed by atoms with van der Waals surface area (Å²) in [6.45, 7) is 4.46. The number of pyridine rings is 2. The number of fused-ring (bicyclic) bond motifs is 2. The van der Waals surface area contributed by atoms with Crippen LogP contribution < -0.4 is 10.7 Å². The third kappa shape index (κ3) is 4.71. The van der Waals surface area contributed by atoms with E-state index in [2.05, 4.69) is 49.4 Å². The van der Waals surface area contributed by atoms with Gasteiger partial charge in [-0.15, -0.1) is 5.10 Å². The predicted molar refractivity (Wildman–Crippen MR) is 137 cm³/mol. The lowest BCUT2D eigenvalue weighted by Crippen LogP contribution is -2.33. The lowest BCUT2D eigenvalue weighted by atomic mass is 10.1. The molecule has 1 saturated heterocycles. The minimum absolute atomic E-state index is 0.00980. The van der Waals surface area contributed by atoms with Gasteiger partial charge in [0.1, 0.15) is 5.65 Å². The van der Waals surface area contributed by atoms with E-state index < -0.39 is 0 Å². The van der Waals surface area contributed by atoms with Crippen LogP contribution in [0.4, 0.5) is 5.69 Å². The zero-order valence-corrected chi connectivity index (χ0v) is 19.9. The summed E-state index contributed by atoms with van der Waals surface area (Å²) in [5.41, 5.74) is 5.15. The minimum atomic E-state index is 0.00980. The van der Waals surface area contributed by atoms with E-state index in [0.29, 0.717) is 23.5 Å². The second-order valence-corrected chi connectivity index (χ2v) is 9.79. The van der Waals surface area contributed by atoms with Crippen molar-refractivity contribution < 1.29 is 0 Å². The third-order valence-electron chi connectivity index (χ3n) is 7.32. The summed E-state index contributed by atoms with van der Waals surface area (Å²) in [7, 11) is 0. The van der Waals surface area contributed by atoms with Crippen LogP contribution in [0, 0.1) is 0 Å².